The van der Waals surface area contributed by atoms with Crippen LogP contribution < -0.4 is 0 Å². The smallest absolute Gasteiger partial charge is 0.0218 e. The fourth-order valence-corrected chi connectivity index (χ4v) is 11.2. The first-order chi connectivity index (χ1) is 23.0. The van der Waals surface area contributed by atoms with Crippen LogP contribution in [-0.4, -0.2) is 9.52 Å². The lowest BCUT2D eigenvalue weighted by Gasteiger charge is -2.22. The van der Waals surface area contributed by atoms with E-state index in [-0.39, 0.29) is 9.52 Å². The predicted octanol–water partition coefficient (Wildman–Crippen LogP) is 12.8. The van der Waals surface area contributed by atoms with E-state index in [1.54, 1.807) is 22.3 Å². The van der Waals surface area contributed by atoms with Crippen LogP contribution in [0.15, 0.2) is 83.9 Å². The number of fused-ring (bicyclic) bond motifs is 2. The van der Waals surface area contributed by atoms with Crippen molar-refractivity contribution in [1.29, 1.82) is 0 Å². The number of allylic oxidation sites excluding steroid dienone is 2. The van der Waals surface area contributed by atoms with Crippen molar-refractivity contribution in [1.82, 2.24) is 0 Å². The van der Waals surface area contributed by atoms with Gasteiger partial charge in [0.05, 0.1) is 0 Å². The molecule has 0 fully saturated rings. The van der Waals surface area contributed by atoms with Crippen molar-refractivity contribution in [2.45, 2.75) is 117 Å². The van der Waals surface area contributed by atoms with Gasteiger partial charge >= 0.3 is 0 Å². The fraction of sp³-hybridized carbons (Fsp3) is 0.391. The van der Waals surface area contributed by atoms with Crippen LogP contribution in [0, 0.1) is 13.8 Å². The summed E-state index contributed by atoms with van der Waals surface area (Å²) in [6.07, 6.45) is 14.8. The van der Waals surface area contributed by atoms with E-state index < -0.39 is 0 Å². The molecule has 0 saturated carbocycles. The lowest BCUT2D eigenvalue weighted by Crippen LogP contribution is -2.09. The van der Waals surface area contributed by atoms with Gasteiger partial charge in [-0.15, -0.1) is 0 Å². The van der Waals surface area contributed by atoms with Crippen molar-refractivity contribution in [3.8, 4) is 22.3 Å². The minimum atomic E-state index is -0.310. The third-order valence-corrected chi connectivity index (χ3v) is 12.9. The number of hydrogen-bond acceptors (Lipinski definition) is 0. The Labute approximate surface area is 288 Å². The maximum atomic E-state index is 2.63. The highest BCUT2D eigenvalue weighted by atomic mass is 28.2. The second kappa shape index (κ2) is 15.2. The molecule has 2 aliphatic carbocycles. The van der Waals surface area contributed by atoms with Gasteiger partial charge in [-0.25, -0.2) is 0 Å². The van der Waals surface area contributed by atoms with Crippen LogP contribution in [0.3, 0.4) is 0 Å². The van der Waals surface area contributed by atoms with Crippen molar-refractivity contribution in [3.05, 3.63) is 128 Å². The van der Waals surface area contributed by atoms with Gasteiger partial charge in [0, 0.05) is 21.4 Å². The third kappa shape index (κ3) is 6.66. The summed E-state index contributed by atoms with van der Waals surface area (Å²) in [5.41, 5.74) is 21.4. The van der Waals surface area contributed by atoms with Gasteiger partial charge in [-0.3, -0.25) is 0 Å². The van der Waals surface area contributed by atoms with Crippen molar-refractivity contribution in [2.75, 3.05) is 0 Å². The molecule has 47 heavy (non-hydrogen) atoms. The largest absolute Gasteiger partial charge is 0.0651 e. The highest BCUT2D eigenvalue weighted by Gasteiger charge is 2.31. The molecular formula is C46H56Si. The standard InChI is InChI=1S/C46H56Si/c1-7-15-33-23-25-39-41(45(33)37-21-13-11-19-31(37)5)27-35(17-9-3)43(39)29-47-30-44-36(18-10-4)28-42-40(44)26-24-34(16-8-2)46(42)38-22-14-12-20-32(38)6/h11-14,19-28,43-44H,7-10,15-18,29-30,47H2,1-6H3. The molecule has 0 nitrogen and oxygen atoms in total. The highest BCUT2D eigenvalue weighted by Crippen LogP contribution is 2.49. The summed E-state index contributed by atoms with van der Waals surface area (Å²) in [5, 5.41) is 0. The first kappa shape index (κ1) is 33.5. The molecule has 4 aromatic rings. The SMILES string of the molecule is CCCC1=Cc2c(ccc(CCC)c2-c2ccccc2C)C1C[SiH2]CC1C(CCC)=Cc2c1ccc(CCC)c2-c1ccccc1C. The van der Waals surface area contributed by atoms with E-state index in [1.807, 2.05) is 0 Å². The van der Waals surface area contributed by atoms with E-state index in [4.69, 9.17) is 0 Å². The molecule has 2 atom stereocenters. The number of rotatable bonds is 14. The first-order valence-electron chi connectivity index (χ1n) is 18.8. The molecule has 0 saturated heterocycles. The Morgan fingerprint density at radius 3 is 1.28 bits per heavy atom. The highest BCUT2D eigenvalue weighted by molar-refractivity contribution is 6.36. The Morgan fingerprint density at radius 2 is 0.894 bits per heavy atom. The van der Waals surface area contributed by atoms with E-state index in [0.29, 0.717) is 11.8 Å². The summed E-state index contributed by atoms with van der Waals surface area (Å²) in [4.78, 5) is 0. The molecule has 0 N–H and O–H groups in total. The van der Waals surface area contributed by atoms with E-state index in [9.17, 15) is 0 Å². The van der Waals surface area contributed by atoms with Crippen molar-refractivity contribution in [3.63, 3.8) is 0 Å². The summed E-state index contributed by atoms with van der Waals surface area (Å²) in [6, 6.07) is 30.9. The molecule has 1 heteroatoms. The predicted molar refractivity (Wildman–Crippen MR) is 211 cm³/mol. The van der Waals surface area contributed by atoms with Gasteiger partial charge in [-0.05, 0) is 106 Å². The summed E-state index contributed by atoms with van der Waals surface area (Å²) in [6.45, 7) is 13.9. The van der Waals surface area contributed by atoms with Gasteiger partial charge in [0.2, 0.25) is 0 Å². The van der Waals surface area contributed by atoms with Crippen molar-refractivity contribution in [2.24, 2.45) is 0 Å². The summed E-state index contributed by atoms with van der Waals surface area (Å²) in [7, 11) is -0.310. The zero-order valence-electron chi connectivity index (χ0n) is 30.0. The summed E-state index contributed by atoms with van der Waals surface area (Å²) in [5.74, 6) is 1.20. The van der Waals surface area contributed by atoms with Crippen LogP contribution in [0.2, 0.25) is 12.1 Å². The normalized spacial score (nSPS) is 16.9. The van der Waals surface area contributed by atoms with Gasteiger partial charge in [0.15, 0.2) is 0 Å². The fourth-order valence-electron chi connectivity index (χ4n) is 8.83. The second-order valence-corrected chi connectivity index (χ2v) is 16.2. The Morgan fingerprint density at radius 1 is 0.489 bits per heavy atom. The zero-order valence-corrected chi connectivity index (χ0v) is 31.4. The minimum Gasteiger partial charge on any atom is -0.0651 e. The average molecular weight is 637 g/mol. The Kier molecular flexibility index (Phi) is 10.8. The Hall–Kier alpha value is -3.42. The van der Waals surface area contributed by atoms with Crippen LogP contribution in [-0.2, 0) is 12.8 Å². The minimum absolute atomic E-state index is 0.310. The molecule has 0 spiro atoms. The lowest BCUT2D eigenvalue weighted by molar-refractivity contribution is 0.780. The second-order valence-electron chi connectivity index (χ2n) is 14.3. The molecule has 0 heterocycles. The van der Waals surface area contributed by atoms with Crippen LogP contribution in [0.5, 0.6) is 0 Å². The van der Waals surface area contributed by atoms with E-state index in [1.165, 1.54) is 106 Å². The van der Waals surface area contributed by atoms with Crippen LogP contribution in [0.25, 0.3) is 34.4 Å². The molecule has 0 aromatic heterocycles. The molecular weight excluding hydrogens is 581 g/mol. The summed E-state index contributed by atoms with van der Waals surface area (Å²) < 4.78 is 0. The molecule has 0 aliphatic heterocycles. The number of aryl methyl sites for hydroxylation is 4. The zero-order chi connectivity index (χ0) is 32.9. The lowest BCUT2D eigenvalue weighted by atomic mass is 9.86. The van der Waals surface area contributed by atoms with E-state index >= 15 is 0 Å². The quantitative estimate of drug-likeness (QED) is 0.121. The number of benzene rings is 4. The van der Waals surface area contributed by atoms with Crippen LogP contribution in [0.1, 0.15) is 123 Å². The molecule has 4 aromatic carbocycles. The molecule has 0 bridgehead atoms. The Bertz CT molecular complexity index is 1650. The topological polar surface area (TPSA) is 0 Å². The van der Waals surface area contributed by atoms with Gasteiger partial charge in [0.25, 0.3) is 0 Å². The first-order valence-corrected chi connectivity index (χ1v) is 20.8. The van der Waals surface area contributed by atoms with Gasteiger partial charge < -0.3 is 0 Å². The van der Waals surface area contributed by atoms with Gasteiger partial charge in [-0.2, -0.15) is 0 Å². The molecule has 0 amide bonds. The summed E-state index contributed by atoms with van der Waals surface area (Å²) >= 11 is 0. The Balaban J connectivity index is 1.32. The molecule has 2 aliphatic rings. The van der Waals surface area contributed by atoms with Gasteiger partial charge in [0.1, 0.15) is 0 Å². The van der Waals surface area contributed by atoms with Crippen molar-refractivity contribution >= 4 is 21.7 Å². The number of hydrogen-bond donors (Lipinski definition) is 0. The van der Waals surface area contributed by atoms with E-state index in [2.05, 4.69) is 126 Å². The van der Waals surface area contributed by atoms with Crippen LogP contribution in [0.4, 0.5) is 0 Å². The van der Waals surface area contributed by atoms with Crippen LogP contribution >= 0.6 is 0 Å². The van der Waals surface area contributed by atoms with E-state index in [0.717, 1.165) is 12.8 Å². The molecule has 244 valence electrons. The maximum Gasteiger partial charge on any atom is 0.0218 e. The molecule has 6 rings (SSSR count). The van der Waals surface area contributed by atoms with Gasteiger partial charge in [-0.1, -0.05) is 162 Å². The maximum absolute atomic E-state index is 2.63. The third-order valence-electron chi connectivity index (χ3n) is 11.0. The molecule has 2 unspecified atom stereocenters. The monoisotopic (exact) mass is 636 g/mol. The average Bonchev–Trinajstić information content (AvgIpc) is 3.60. The van der Waals surface area contributed by atoms with Crippen molar-refractivity contribution < 1.29 is 0 Å². The molecule has 0 radical (unpaired) electrons.